The molecule has 1 amide bonds. The second-order valence-corrected chi connectivity index (χ2v) is 7.95. The van der Waals surface area contributed by atoms with E-state index < -0.39 is 0 Å². The molecule has 1 aromatic carbocycles. The highest BCUT2D eigenvalue weighted by molar-refractivity contribution is 5.94. The zero-order valence-electron chi connectivity index (χ0n) is 16.4. The van der Waals surface area contributed by atoms with Crippen LogP contribution in [0.3, 0.4) is 0 Å². The number of carbonyl (C=O) groups excluding carboxylic acids is 1. The average Bonchev–Trinajstić information content (AvgIpc) is 3.17. The fraction of sp³-hybridized carbons (Fsp3) is 0.524. The number of rotatable bonds is 3. The monoisotopic (exact) mass is 368 g/mol. The first kappa shape index (κ1) is 18.0. The van der Waals surface area contributed by atoms with E-state index in [0.29, 0.717) is 11.7 Å². The molecule has 4 rings (SSSR count). The highest BCUT2D eigenvalue weighted by atomic mass is 16.5. The van der Waals surface area contributed by atoms with Crippen molar-refractivity contribution in [1.29, 1.82) is 0 Å². The molecule has 144 valence electrons. The molecule has 0 spiro atoms. The van der Waals surface area contributed by atoms with E-state index in [1.165, 1.54) is 0 Å². The van der Waals surface area contributed by atoms with Crippen LogP contribution in [0.1, 0.15) is 43.1 Å². The minimum absolute atomic E-state index is 0.0548. The third kappa shape index (κ3) is 3.12. The second kappa shape index (κ2) is 7.00. The predicted molar refractivity (Wildman–Crippen MR) is 105 cm³/mol. The number of benzene rings is 1. The summed E-state index contributed by atoms with van der Waals surface area (Å²) in [6.07, 6.45) is 4.40. The van der Waals surface area contributed by atoms with Gasteiger partial charge in [0.1, 0.15) is 11.4 Å². The van der Waals surface area contributed by atoms with Crippen LogP contribution in [0.5, 0.6) is 5.75 Å². The van der Waals surface area contributed by atoms with Crippen LogP contribution in [-0.2, 0) is 0 Å². The summed E-state index contributed by atoms with van der Waals surface area (Å²) in [6, 6.07) is 10.0. The normalized spacial score (nSPS) is 25.9. The number of ether oxygens (including phenoxy) is 1. The number of nitrogens with one attached hydrogen (secondary N) is 1. The van der Waals surface area contributed by atoms with Crippen molar-refractivity contribution in [1.82, 2.24) is 20.0 Å². The highest BCUT2D eigenvalue weighted by Gasteiger charge is 2.48. The molecule has 1 N–H and O–H groups in total. The number of methoxy groups -OCH3 is 1. The number of hydrogen-bond donors (Lipinski definition) is 1. The quantitative estimate of drug-likeness (QED) is 0.904. The molecule has 6 heteroatoms. The van der Waals surface area contributed by atoms with Gasteiger partial charge < -0.3 is 14.5 Å². The first-order valence-electron chi connectivity index (χ1n) is 9.75. The zero-order valence-corrected chi connectivity index (χ0v) is 16.4. The predicted octanol–water partition coefficient (Wildman–Crippen LogP) is 3.17. The molecule has 6 nitrogen and oxygen atoms in total. The Kier molecular flexibility index (Phi) is 4.68. The fourth-order valence-corrected chi connectivity index (χ4v) is 4.87. The second-order valence-electron chi connectivity index (χ2n) is 7.95. The van der Waals surface area contributed by atoms with Crippen LogP contribution in [0.2, 0.25) is 0 Å². The Bertz CT molecular complexity index is 833. The Hall–Kier alpha value is -2.34. The summed E-state index contributed by atoms with van der Waals surface area (Å²) >= 11 is 0. The number of H-pyrrole nitrogens is 1. The van der Waals surface area contributed by atoms with E-state index in [2.05, 4.69) is 34.0 Å². The number of aromatic nitrogens is 2. The molecular weight excluding hydrogens is 340 g/mol. The van der Waals surface area contributed by atoms with E-state index in [1.54, 1.807) is 7.11 Å². The minimum Gasteiger partial charge on any atom is -0.497 e. The maximum atomic E-state index is 13.3. The van der Waals surface area contributed by atoms with Gasteiger partial charge in [0.15, 0.2) is 0 Å². The Morgan fingerprint density at radius 3 is 2.96 bits per heavy atom. The van der Waals surface area contributed by atoms with Crippen molar-refractivity contribution in [3.63, 3.8) is 0 Å². The summed E-state index contributed by atoms with van der Waals surface area (Å²) in [5, 5.41) is 7.35. The lowest BCUT2D eigenvalue weighted by Crippen LogP contribution is -2.66. The minimum atomic E-state index is -0.108. The van der Waals surface area contributed by atoms with Crippen molar-refractivity contribution in [3.8, 4) is 17.0 Å². The van der Waals surface area contributed by atoms with Gasteiger partial charge in [-0.1, -0.05) is 12.1 Å². The van der Waals surface area contributed by atoms with Gasteiger partial charge >= 0.3 is 0 Å². The Balaban J connectivity index is 1.60. The van der Waals surface area contributed by atoms with E-state index in [9.17, 15) is 4.79 Å². The van der Waals surface area contributed by atoms with Crippen molar-refractivity contribution >= 4 is 5.91 Å². The number of amides is 1. The number of nitrogens with zero attached hydrogens (tertiary/aromatic N) is 3. The van der Waals surface area contributed by atoms with Crippen molar-refractivity contribution in [2.45, 2.75) is 44.2 Å². The topological polar surface area (TPSA) is 61.5 Å². The molecule has 3 heterocycles. The van der Waals surface area contributed by atoms with Crippen LogP contribution >= 0.6 is 0 Å². The van der Waals surface area contributed by atoms with Gasteiger partial charge in [0, 0.05) is 18.2 Å². The first-order chi connectivity index (χ1) is 13.0. The molecule has 2 aliphatic heterocycles. The lowest BCUT2D eigenvalue weighted by atomic mass is 9.76. The first-order valence-corrected chi connectivity index (χ1v) is 9.75. The third-order valence-corrected chi connectivity index (χ3v) is 6.34. The van der Waals surface area contributed by atoms with Crippen molar-refractivity contribution in [2.24, 2.45) is 0 Å². The van der Waals surface area contributed by atoms with Crippen molar-refractivity contribution in [3.05, 3.63) is 36.0 Å². The zero-order chi connectivity index (χ0) is 19.0. The van der Waals surface area contributed by atoms with Gasteiger partial charge in [-0.05, 0) is 64.4 Å². The molecule has 0 unspecified atom stereocenters. The van der Waals surface area contributed by atoms with E-state index in [4.69, 9.17) is 4.74 Å². The largest absolute Gasteiger partial charge is 0.497 e. The number of fused-ring (bicyclic) bond motifs is 1. The molecular formula is C21H28N4O2. The van der Waals surface area contributed by atoms with E-state index >= 15 is 0 Å². The Labute approximate surface area is 160 Å². The number of likely N-dealkylation sites (N-methyl/N-ethyl adjacent to an activating group) is 1. The van der Waals surface area contributed by atoms with Crippen LogP contribution in [0.25, 0.3) is 11.3 Å². The molecule has 0 saturated carbocycles. The molecule has 27 heavy (non-hydrogen) atoms. The number of carbonyl (C=O) groups is 1. The van der Waals surface area contributed by atoms with Gasteiger partial charge in [-0.25, -0.2) is 0 Å². The summed E-state index contributed by atoms with van der Waals surface area (Å²) in [7, 11) is 3.83. The molecule has 2 saturated heterocycles. The average molecular weight is 368 g/mol. The van der Waals surface area contributed by atoms with Crippen LogP contribution < -0.4 is 4.74 Å². The Morgan fingerprint density at radius 1 is 1.30 bits per heavy atom. The van der Waals surface area contributed by atoms with Gasteiger partial charge in [0.2, 0.25) is 0 Å². The maximum absolute atomic E-state index is 13.3. The summed E-state index contributed by atoms with van der Waals surface area (Å²) in [6.45, 7) is 4.18. The number of hydrogen-bond acceptors (Lipinski definition) is 4. The van der Waals surface area contributed by atoms with Crippen molar-refractivity contribution in [2.75, 3.05) is 27.2 Å². The standard InChI is InChI=1S/C21H28N4O2/c1-21-10-6-11-24(2)19(21)9-5-12-25(21)20(26)18-14-17(22-23-18)15-7-4-8-16(13-15)27-3/h4,7-8,13-14,19H,5-6,9-12H2,1-3H3,(H,22,23)/t19-,21-/m0/s1. The Morgan fingerprint density at radius 2 is 2.15 bits per heavy atom. The summed E-state index contributed by atoms with van der Waals surface area (Å²) in [5.41, 5.74) is 2.15. The molecule has 2 aromatic rings. The van der Waals surface area contributed by atoms with E-state index in [-0.39, 0.29) is 11.4 Å². The fourth-order valence-electron chi connectivity index (χ4n) is 4.87. The van der Waals surface area contributed by atoms with Gasteiger partial charge in [0.05, 0.1) is 18.3 Å². The smallest absolute Gasteiger partial charge is 0.272 e. The molecule has 1 aromatic heterocycles. The van der Waals surface area contributed by atoms with Gasteiger partial charge in [-0.15, -0.1) is 0 Å². The number of likely N-dealkylation sites (tertiary alicyclic amines) is 2. The van der Waals surface area contributed by atoms with E-state index in [1.807, 2.05) is 30.3 Å². The van der Waals surface area contributed by atoms with Crippen LogP contribution in [0.15, 0.2) is 30.3 Å². The lowest BCUT2D eigenvalue weighted by Gasteiger charge is -2.55. The highest BCUT2D eigenvalue weighted by Crippen LogP contribution is 2.39. The lowest BCUT2D eigenvalue weighted by molar-refractivity contribution is -0.0348. The molecule has 2 atom stereocenters. The number of aromatic amines is 1. The van der Waals surface area contributed by atoms with Gasteiger partial charge in [-0.3, -0.25) is 9.89 Å². The third-order valence-electron chi connectivity index (χ3n) is 6.34. The summed E-state index contributed by atoms with van der Waals surface area (Å²) < 4.78 is 5.29. The van der Waals surface area contributed by atoms with Crippen LogP contribution in [-0.4, -0.2) is 64.7 Å². The molecule has 0 aliphatic carbocycles. The van der Waals surface area contributed by atoms with Gasteiger partial charge in [0.25, 0.3) is 5.91 Å². The summed E-state index contributed by atoms with van der Waals surface area (Å²) in [5.74, 6) is 0.833. The van der Waals surface area contributed by atoms with Crippen LogP contribution in [0.4, 0.5) is 0 Å². The van der Waals surface area contributed by atoms with Gasteiger partial charge in [-0.2, -0.15) is 5.10 Å². The molecule has 0 radical (unpaired) electrons. The molecule has 2 aliphatic rings. The SMILES string of the molecule is COc1cccc(-c2cc(C(=O)N3CCC[C@@H]4N(C)CCC[C@@]43C)[nH]n2)c1. The maximum Gasteiger partial charge on any atom is 0.272 e. The molecule has 2 fully saturated rings. The summed E-state index contributed by atoms with van der Waals surface area (Å²) in [4.78, 5) is 17.9. The molecule has 0 bridgehead atoms. The van der Waals surface area contributed by atoms with Crippen molar-refractivity contribution < 1.29 is 9.53 Å². The number of piperidine rings is 2. The van der Waals surface area contributed by atoms with E-state index in [0.717, 1.165) is 55.8 Å². The van der Waals surface area contributed by atoms with Crippen LogP contribution in [0, 0.1) is 0 Å².